The van der Waals surface area contributed by atoms with E-state index in [2.05, 4.69) is 10.4 Å². The van der Waals surface area contributed by atoms with E-state index in [-0.39, 0.29) is 11.5 Å². The van der Waals surface area contributed by atoms with E-state index in [4.69, 9.17) is 46.4 Å². The van der Waals surface area contributed by atoms with Gasteiger partial charge in [-0.05, 0) is 30.3 Å². The highest BCUT2D eigenvalue weighted by atomic mass is 35.5. The molecule has 3 aromatic rings. The van der Waals surface area contributed by atoms with Crippen molar-refractivity contribution < 1.29 is 4.79 Å². The first-order chi connectivity index (χ1) is 12.0. The van der Waals surface area contributed by atoms with Crippen molar-refractivity contribution in [3.8, 4) is 0 Å². The quantitative estimate of drug-likeness (QED) is 0.586. The van der Waals surface area contributed by atoms with Gasteiger partial charge >= 0.3 is 0 Å². The van der Waals surface area contributed by atoms with Gasteiger partial charge in [0.2, 0.25) is 0 Å². The monoisotopic (exact) mass is 413 g/mol. The Bertz CT molecular complexity index is 919. The Labute approximate surface area is 164 Å². The molecule has 0 aliphatic heterocycles. The predicted octanol–water partition coefficient (Wildman–Crippen LogP) is 5.80. The summed E-state index contributed by atoms with van der Waals surface area (Å²) in [6.45, 7) is 0.310. The molecule has 0 radical (unpaired) electrons. The Balaban J connectivity index is 1.85. The number of nitrogens with zero attached hydrogens (tertiary/aromatic N) is 2. The second kappa shape index (κ2) is 7.67. The van der Waals surface area contributed by atoms with Gasteiger partial charge in [0.1, 0.15) is 5.82 Å². The molecule has 8 heteroatoms. The van der Waals surface area contributed by atoms with Crippen LogP contribution >= 0.6 is 46.4 Å². The van der Waals surface area contributed by atoms with Gasteiger partial charge in [-0.1, -0.05) is 52.5 Å². The molecule has 0 spiro atoms. The fraction of sp³-hybridized carbons (Fsp3) is 0.0588. The molecule has 2 aromatic carbocycles. The van der Waals surface area contributed by atoms with Crippen LogP contribution < -0.4 is 5.32 Å². The molecule has 0 unspecified atom stereocenters. The average molecular weight is 415 g/mol. The predicted molar refractivity (Wildman–Crippen MR) is 102 cm³/mol. The number of carbonyl (C=O) groups excluding carboxylic acids is 1. The standard InChI is InChI=1S/C17H11Cl4N3O/c18-10-4-5-15(21)11(8-10)17(25)23-16-6-7-22-24(16)9-12-13(19)2-1-3-14(12)20/h1-8H,9H2,(H,23,25). The lowest BCUT2D eigenvalue weighted by Crippen LogP contribution is -2.16. The van der Waals surface area contributed by atoms with Crippen LogP contribution in [0.25, 0.3) is 0 Å². The van der Waals surface area contributed by atoms with E-state index in [1.165, 1.54) is 6.07 Å². The van der Waals surface area contributed by atoms with Gasteiger partial charge in [-0.15, -0.1) is 0 Å². The third-order valence-corrected chi connectivity index (χ3v) is 4.77. The second-order valence-corrected chi connectivity index (χ2v) is 6.81. The minimum atomic E-state index is -0.389. The van der Waals surface area contributed by atoms with E-state index in [1.54, 1.807) is 47.3 Å². The summed E-state index contributed by atoms with van der Waals surface area (Å²) in [6.07, 6.45) is 1.57. The first-order valence-corrected chi connectivity index (χ1v) is 8.68. The third kappa shape index (κ3) is 4.10. The van der Waals surface area contributed by atoms with Crippen molar-refractivity contribution in [3.05, 3.63) is 79.9 Å². The van der Waals surface area contributed by atoms with Gasteiger partial charge in [-0.25, -0.2) is 4.68 Å². The number of nitrogens with one attached hydrogen (secondary N) is 1. The molecule has 0 bridgehead atoms. The number of amides is 1. The maximum Gasteiger partial charge on any atom is 0.258 e. The number of hydrogen-bond donors (Lipinski definition) is 1. The van der Waals surface area contributed by atoms with Crippen molar-refractivity contribution in [2.45, 2.75) is 6.54 Å². The van der Waals surface area contributed by atoms with Crippen molar-refractivity contribution in [2.24, 2.45) is 0 Å². The summed E-state index contributed by atoms with van der Waals surface area (Å²) < 4.78 is 1.59. The second-order valence-electron chi connectivity index (χ2n) is 5.15. The maximum atomic E-state index is 12.5. The molecule has 3 rings (SSSR count). The van der Waals surface area contributed by atoms with Gasteiger partial charge in [0, 0.05) is 26.7 Å². The Morgan fingerprint density at radius 2 is 1.72 bits per heavy atom. The molecule has 4 nitrogen and oxygen atoms in total. The highest BCUT2D eigenvalue weighted by Crippen LogP contribution is 2.26. The Hall–Kier alpha value is -1.72. The summed E-state index contributed by atoms with van der Waals surface area (Å²) in [7, 11) is 0. The molecule has 0 fully saturated rings. The molecule has 1 aromatic heterocycles. The molecule has 128 valence electrons. The molecule has 1 amide bonds. The van der Waals surface area contributed by atoms with E-state index >= 15 is 0 Å². The summed E-state index contributed by atoms with van der Waals surface area (Å²) in [5.41, 5.74) is 0.989. The van der Waals surface area contributed by atoms with Crippen LogP contribution in [0.4, 0.5) is 5.82 Å². The van der Waals surface area contributed by atoms with Crippen molar-refractivity contribution in [3.63, 3.8) is 0 Å². The lowest BCUT2D eigenvalue weighted by atomic mass is 10.2. The number of carbonyl (C=O) groups is 1. The zero-order chi connectivity index (χ0) is 18.0. The summed E-state index contributed by atoms with van der Waals surface area (Å²) in [6, 6.07) is 11.6. The summed E-state index contributed by atoms with van der Waals surface area (Å²) >= 11 is 24.4. The summed E-state index contributed by atoms with van der Waals surface area (Å²) in [5.74, 6) is 0.0940. The molecule has 1 N–H and O–H groups in total. The number of rotatable bonds is 4. The lowest BCUT2D eigenvalue weighted by molar-refractivity contribution is 0.102. The van der Waals surface area contributed by atoms with Crippen molar-refractivity contribution in [1.29, 1.82) is 0 Å². The van der Waals surface area contributed by atoms with Gasteiger partial charge in [0.05, 0.1) is 23.3 Å². The van der Waals surface area contributed by atoms with Gasteiger partial charge in [-0.3, -0.25) is 4.79 Å². The fourth-order valence-electron chi connectivity index (χ4n) is 2.25. The van der Waals surface area contributed by atoms with Gasteiger partial charge in [-0.2, -0.15) is 5.10 Å². The Morgan fingerprint density at radius 3 is 2.44 bits per heavy atom. The van der Waals surface area contributed by atoms with Crippen LogP contribution in [0.3, 0.4) is 0 Å². The van der Waals surface area contributed by atoms with Crippen molar-refractivity contribution >= 4 is 58.1 Å². The molecule has 0 aliphatic rings. The first-order valence-electron chi connectivity index (χ1n) is 7.17. The highest BCUT2D eigenvalue weighted by Gasteiger charge is 2.15. The van der Waals surface area contributed by atoms with Crippen LogP contribution in [-0.4, -0.2) is 15.7 Å². The summed E-state index contributed by atoms with van der Waals surface area (Å²) in [5, 5.41) is 8.75. The van der Waals surface area contributed by atoms with Crippen LogP contribution in [0.5, 0.6) is 0 Å². The Kier molecular flexibility index (Phi) is 5.54. The van der Waals surface area contributed by atoms with E-state index in [1.807, 2.05) is 0 Å². The zero-order valence-electron chi connectivity index (χ0n) is 12.6. The van der Waals surface area contributed by atoms with Gasteiger partial charge < -0.3 is 5.32 Å². The van der Waals surface area contributed by atoms with Gasteiger partial charge in [0.15, 0.2) is 0 Å². The largest absolute Gasteiger partial charge is 0.307 e. The van der Waals surface area contributed by atoms with Gasteiger partial charge in [0.25, 0.3) is 5.91 Å². The van der Waals surface area contributed by atoms with Crippen molar-refractivity contribution in [2.75, 3.05) is 5.32 Å². The Morgan fingerprint density at radius 1 is 1.00 bits per heavy atom. The van der Waals surface area contributed by atoms with Crippen LogP contribution in [0.2, 0.25) is 20.1 Å². The lowest BCUT2D eigenvalue weighted by Gasteiger charge is -2.12. The van der Waals surface area contributed by atoms with Crippen LogP contribution in [0, 0.1) is 0 Å². The normalized spacial score (nSPS) is 10.7. The minimum Gasteiger partial charge on any atom is -0.307 e. The molecular weight excluding hydrogens is 404 g/mol. The number of aromatic nitrogens is 2. The third-order valence-electron chi connectivity index (χ3n) is 3.50. The molecule has 1 heterocycles. The van der Waals surface area contributed by atoms with Crippen LogP contribution in [0.1, 0.15) is 15.9 Å². The smallest absolute Gasteiger partial charge is 0.258 e. The summed E-state index contributed by atoms with van der Waals surface area (Å²) in [4.78, 5) is 12.5. The number of benzene rings is 2. The van der Waals surface area contributed by atoms with E-state index in [0.717, 1.165) is 0 Å². The number of halogens is 4. The number of hydrogen-bond acceptors (Lipinski definition) is 2. The SMILES string of the molecule is O=C(Nc1ccnn1Cc1c(Cl)cccc1Cl)c1cc(Cl)ccc1Cl. The fourth-order valence-corrected chi connectivity index (χ4v) is 3.15. The first kappa shape index (κ1) is 18.1. The maximum absolute atomic E-state index is 12.5. The molecule has 25 heavy (non-hydrogen) atoms. The van der Waals surface area contributed by atoms with Crippen LogP contribution in [-0.2, 0) is 6.54 Å². The van der Waals surface area contributed by atoms with E-state index < -0.39 is 0 Å². The molecule has 0 aliphatic carbocycles. The minimum absolute atomic E-state index is 0.276. The van der Waals surface area contributed by atoms with E-state index in [0.29, 0.717) is 38.0 Å². The average Bonchev–Trinajstić information content (AvgIpc) is 3.00. The van der Waals surface area contributed by atoms with Crippen LogP contribution in [0.15, 0.2) is 48.7 Å². The topological polar surface area (TPSA) is 46.9 Å². The van der Waals surface area contributed by atoms with E-state index in [9.17, 15) is 4.79 Å². The molecular formula is C17H11Cl4N3O. The zero-order valence-corrected chi connectivity index (χ0v) is 15.7. The molecule has 0 atom stereocenters. The highest BCUT2D eigenvalue weighted by molar-refractivity contribution is 6.36. The van der Waals surface area contributed by atoms with Crippen molar-refractivity contribution in [1.82, 2.24) is 9.78 Å². The molecule has 0 saturated heterocycles. The number of anilines is 1. The molecule has 0 saturated carbocycles.